The first-order chi connectivity index (χ1) is 12.0. The SMILES string of the molecule is CCN1CCN(c2cc(Nc3ccc(C(C)(C)C)cc3)ncn2)CC1. The second-order valence-corrected chi connectivity index (χ2v) is 7.64. The molecule has 0 unspecified atom stereocenters. The van der Waals surface area contributed by atoms with Gasteiger partial charge in [0.15, 0.2) is 0 Å². The molecule has 134 valence electrons. The highest BCUT2D eigenvalue weighted by atomic mass is 15.3. The summed E-state index contributed by atoms with van der Waals surface area (Å²) in [6.45, 7) is 14.2. The number of hydrogen-bond acceptors (Lipinski definition) is 5. The number of anilines is 3. The molecule has 1 aromatic heterocycles. The standard InChI is InChI=1S/C20H29N5/c1-5-24-10-12-25(13-11-24)19-14-18(21-15-22-19)23-17-8-6-16(7-9-17)20(2,3)4/h6-9,14-15H,5,10-13H2,1-4H3,(H,21,22,23). The van der Waals surface area contributed by atoms with E-state index in [2.05, 4.69) is 77.0 Å². The lowest BCUT2D eigenvalue weighted by Crippen LogP contribution is -2.46. The van der Waals surface area contributed by atoms with Gasteiger partial charge in [0.1, 0.15) is 18.0 Å². The smallest absolute Gasteiger partial charge is 0.135 e. The molecule has 5 nitrogen and oxygen atoms in total. The zero-order chi connectivity index (χ0) is 17.9. The fourth-order valence-corrected chi connectivity index (χ4v) is 3.08. The third-order valence-electron chi connectivity index (χ3n) is 4.82. The molecule has 25 heavy (non-hydrogen) atoms. The van der Waals surface area contributed by atoms with E-state index in [0.717, 1.165) is 50.0 Å². The molecule has 0 bridgehead atoms. The molecule has 1 saturated heterocycles. The van der Waals surface area contributed by atoms with Gasteiger partial charge in [-0.25, -0.2) is 9.97 Å². The van der Waals surface area contributed by atoms with Gasteiger partial charge in [0, 0.05) is 37.9 Å². The predicted octanol–water partition coefficient (Wildman–Crippen LogP) is 3.66. The Morgan fingerprint density at radius 2 is 1.68 bits per heavy atom. The second-order valence-electron chi connectivity index (χ2n) is 7.64. The lowest BCUT2D eigenvalue weighted by Gasteiger charge is -2.34. The summed E-state index contributed by atoms with van der Waals surface area (Å²) in [7, 11) is 0. The van der Waals surface area contributed by atoms with Crippen LogP contribution in [0.1, 0.15) is 33.3 Å². The van der Waals surface area contributed by atoms with E-state index in [4.69, 9.17) is 0 Å². The molecule has 1 aliphatic heterocycles. The van der Waals surface area contributed by atoms with Gasteiger partial charge in [-0.05, 0) is 29.7 Å². The fourth-order valence-electron chi connectivity index (χ4n) is 3.08. The Hall–Kier alpha value is -2.14. The Labute approximate surface area is 151 Å². The van der Waals surface area contributed by atoms with Crippen molar-refractivity contribution in [1.29, 1.82) is 0 Å². The van der Waals surface area contributed by atoms with E-state index in [0.29, 0.717) is 0 Å². The maximum Gasteiger partial charge on any atom is 0.135 e. The van der Waals surface area contributed by atoms with Crippen molar-refractivity contribution in [3.63, 3.8) is 0 Å². The van der Waals surface area contributed by atoms with Crippen LogP contribution in [0, 0.1) is 0 Å². The minimum Gasteiger partial charge on any atom is -0.354 e. The van der Waals surface area contributed by atoms with E-state index in [1.165, 1.54) is 5.56 Å². The molecule has 0 spiro atoms. The van der Waals surface area contributed by atoms with Crippen LogP contribution in [0.15, 0.2) is 36.7 Å². The third kappa shape index (κ3) is 4.48. The molecule has 1 aliphatic rings. The lowest BCUT2D eigenvalue weighted by molar-refractivity contribution is 0.270. The average molecular weight is 339 g/mol. The molecule has 1 fully saturated rings. The van der Waals surface area contributed by atoms with Crippen molar-refractivity contribution in [3.05, 3.63) is 42.2 Å². The van der Waals surface area contributed by atoms with Crippen molar-refractivity contribution < 1.29 is 0 Å². The van der Waals surface area contributed by atoms with Crippen LogP contribution in [0.4, 0.5) is 17.3 Å². The summed E-state index contributed by atoms with van der Waals surface area (Å²) >= 11 is 0. The molecule has 2 heterocycles. The summed E-state index contributed by atoms with van der Waals surface area (Å²) in [5.41, 5.74) is 2.55. The number of likely N-dealkylation sites (N-methyl/N-ethyl adjacent to an activating group) is 1. The third-order valence-corrected chi connectivity index (χ3v) is 4.82. The van der Waals surface area contributed by atoms with Crippen LogP contribution in [-0.2, 0) is 5.41 Å². The average Bonchev–Trinajstić information content (AvgIpc) is 2.62. The van der Waals surface area contributed by atoms with Gasteiger partial charge in [0.05, 0.1) is 0 Å². The zero-order valence-corrected chi connectivity index (χ0v) is 15.8. The van der Waals surface area contributed by atoms with Gasteiger partial charge in [0.25, 0.3) is 0 Å². The second kappa shape index (κ2) is 7.40. The maximum absolute atomic E-state index is 4.46. The number of benzene rings is 1. The van der Waals surface area contributed by atoms with Crippen LogP contribution in [0.5, 0.6) is 0 Å². The largest absolute Gasteiger partial charge is 0.354 e. The Kier molecular flexibility index (Phi) is 5.23. The molecular formula is C20H29N5. The number of aromatic nitrogens is 2. The van der Waals surface area contributed by atoms with Gasteiger partial charge in [0.2, 0.25) is 0 Å². The zero-order valence-electron chi connectivity index (χ0n) is 15.8. The Bertz CT molecular complexity index is 682. The van der Waals surface area contributed by atoms with Crippen LogP contribution in [-0.4, -0.2) is 47.6 Å². The minimum atomic E-state index is 0.168. The molecule has 3 rings (SSSR count). The van der Waals surface area contributed by atoms with Gasteiger partial charge < -0.3 is 15.1 Å². The molecule has 0 amide bonds. The monoisotopic (exact) mass is 339 g/mol. The first-order valence-electron chi connectivity index (χ1n) is 9.12. The number of nitrogens with one attached hydrogen (secondary N) is 1. The quantitative estimate of drug-likeness (QED) is 0.921. The molecule has 1 N–H and O–H groups in total. The van der Waals surface area contributed by atoms with Gasteiger partial charge in [-0.2, -0.15) is 0 Å². The first kappa shape index (κ1) is 17.7. The number of nitrogens with zero attached hydrogens (tertiary/aromatic N) is 4. The Morgan fingerprint density at radius 3 is 2.28 bits per heavy atom. The van der Waals surface area contributed by atoms with E-state index in [1.54, 1.807) is 6.33 Å². The number of hydrogen-bond donors (Lipinski definition) is 1. The van der Waals surface area contributed by atoms with E-state index < -0.39 is 0 Å². The van der Waals surface area contributed by atoms with Crippen molar-refractivity contribution in [2.24, 2.45) is 0 Å². The minimum absolute atomic E-state index is 0.168. The molecule has 1 aromatic carbocycles. The van der Waals surface area contributed by atoms with Gasteiger partial charge in [-0.3, -0.25) is 0 Å². The highest BCUT2D eigenvalue weighted by Crippen LogP contribution is 2.25. The van der Waals surface area contributed by atoms with Crippen molar-refractivity contribution in [1.82, 2.24) is 14.9 Å². The van der Waals surface area contributed by atoms with Crippen molar-refractivity contribution >= 4 is 17.3 Å². The van der Waals surface area contributed by atoms with Crippen molar-refractivity contribution in [2.45, 2.75) is 33.1 Å². The number of piperazine rings is 1. The Balaban J connectivity index is 1.68. The lowest BCUT2D eigenvalue weighted by atomic mass is 9.87. The summed E-state index contributed by atoms with van der Waals surface area (Å²) in [6.07, 6.45) is 1.65. The normalized spacial score (nSPS) is 16.1. The first-order valence-corrected chi connectivity index (χ1v) is 9.12. The van der Waals surface area contributed by atoms with Crippen LogP contribution >= 0.6 is 0 Å². The molecule has 0 atom stereocenters. The highest BCUT2D eigenvalue weighted by molar-refractivity contribution is 5.59. The highest BCUT2D eigenvalue weighted by Gasteiger charge is 2.17. The number of rotatable bonds is 4. The molecule has 0 aliphatic carbocycles. The van der Waals surface area contributed by atoms with Crippen LogP contribution in [0.3, 0.4) is 0 Å². The molecule has 5 heteroatoms. The van der Waals surface area contributed by atoms with Gasteiger partial charge in [-0.15, -0.1) is 0 Å². The summed E-state index contributed by atoms with van der Waals surface area (Å²) in [5, 5.41) is 3.39. The maximum atomic E-state index is 4.46. The van der Waals surface area contributed by atoms with Crippen LogP contribution in [0.2, 0.25) is 0 Å². The van der Waals surface area contributed by atoms with Crippen LogP contribution in [0.25, 0.3) is 0 Å². The van der Waals surface area contributed by atoms with E-state index in [9.17, 15) is 0 Å². The van der Waals surface area contributed by atoms with Crippen molar-refractivity contribution in [2.75, 3.05) is 42.9 Å². The van der Waals surface area contributed by atoms with Crippen molar-refractivity contribution in [3.8, 4) is 0 Å². The Morgan fingerprint density at radius 1 is 1.00 bits per heavy atom. The molecular weight excluding hydrogens is 310 g/mol. The fraction of sp³-hybridized carbons (Fsp3) is 0.500. The summed E-state index contributed by atoms with van der Waals surface area (Å²) in [6, 6.07) is 10.6. The van der Waals surface area contributed by atoms with Gasteiger partial charge >= 0.3 is 0 Å². The summed E-state index contributed by atoms with van der Waals surface area (Å²) < 4.78 is 0. The molecule has 0 radical (unpaired) electrons. The summed E-state index contributed by atoms with van der Waals surface area (Å²) in [5.74, 6) is 1.84. The van der Waals surface area contributed by atoms with Crippen LogP contribution < -0.4 is 10.2 Å². The topological polar surface area (TPSA) is 44.3 Å². The van der Waals surface area contributed by atoms with Gasteiger partial charge in [-0.1, -0.05) is 39.8 Å². The summed E-state index contributed by atoms with van der Waals surface area (Å²) in [4.78, 5) is 13.6. The van der Waals surface area contributed by atoms with E-state index in [1.807, 2.05) is 6.07 Å². The molecule has 0 saturated carbocycles. The molecule has 2 aromatic rings. The van der Waals surface area contributed by atoms with E-state index >= 15 is 0 Å². The van der Waals surface area contributed by atoms with E-state index in [-0.39, 0.29) is 5.41 Å². The predicted molar refractivity (Wildman–Crippen MR) is 105 cm³/mol.